The molecule has 0 spiro atoms. The zero-order valence-corrected chi connectivity index (χ0v) is 11.2. The molecule has 0 aromatic rings. The standard InChI is InChI=1S/C15H16N2O3/c1-9(7-10(2)15(19)20)8-13-11-5-3-4-6-12(11)14(18)17-16-13/h3-4,6-7,11H,1,5,8H2,2H3,(H,17,18)(H,19,20)/b10-7+. The number of nitrogens with one attached hydrogen (secondary N) is 1. The number of carbonyl (C=O) groups excluding carboxylic acids is 1. The zero-order chi connectivity index (χ0) is 14.7. The molecule has 1 aliphatic carbocycles. The van der Waals surface area contributed by atoms with Crippen LogP contribution in [0.1, 0.15) is 19.8 Å². The minimum absolute atomic E-state index is 0.0379. The summed E-state index contributed by atoms with van der Waals surface area (Å²) in [5.41, 5.74) is 4.88. The summed E-state index contributed by atoms with van der Waals surface area (Å²) in [4.78, 5) is 22.5. The third-order valence-electron chi connectivity index (χ3n) is 3.29. The second kappa shape index (κ2) is 5.69. The predicted molar refractivity (Wildman–Crippen MR) is 76.1 cm³/mol. The van der Waals surface area contributed by atoms with E-state index >= 15 is 0 Å². The number of hydrogen-bond acceptors (Lipinski definition) is 3. The topological polar surface area (TPSA) is 78.8 Å². The van der Waals surface area contributed by atoms with Gasteiger partial charge in [0.05, 0.1) is 5.71 Å². The van der Waals surface area contributed by atoms with Crippen molar-refractivity contribution < 1.29 is 14.7 Å². The fraction of sp³-hybridized carbons (Fsp3) is 0.267. The number of fused-ring (bicyclic) bond motifs is 1. The fourth-order valence-electron chi connectivity index (χ4n) is 2.26. The summed E-state index contributed by atoms with van der Waals surface area (Å²) in [6.45, 7) is 5.38. The van der Waals surface area contributed by atoms with Crippen LogP contribution in [0.2, 0.25) is 0 Å². The lowest BCUT2D eigenvalue weighted by Gasteiger charge is -2.26. The molecule has 0 saturated carbocycles. The van der Waals surface area contributed by atoms with Gasteiger partial charge in [0.15, 0.2) is 0 Å². The summed E-state index contributed by atoms with van der Waals surface area (Å²) >= 11 is 0. The lowest BCUT2D eigenvalue weighted by atomic mass is 9.83. The number of allylic oxidation sites excluding steroid dienone is 5. The van der Waals surface area contributed by atoms with E-state index in [-0.39, 0.29) is 17.4 Å². The molecular weight excluding hydrogens is 256 g/mol. The number of carbonyl (C=O) groups is 2. The van der Waals surface area contributed by atoms with E-state index < -0.39 is 5.97 Å². The Bertz CT molecular complexity index is 594. The average Bonchev–Trinajstić information content (AvgIpc) is 2.42. The van der Waals surface area contributed by atoms with Crippen LogP contribution in [0.5, 0.6) is 0 Å². The molecule has 20 heavy (non-hydrogen) atoms. The van der Waals surface area contributed by atoms with Crippen molar-refractivity contribution in [3.8, 4) is 0 Å². The van der Waals surface area contributed by atoms with Gasteiger partial charge in [-0.3, -0.25) is 4.79 Å². The minimum Gasteiger partial charge on any atom is -0.478 e. The summed E-state index contributed by atoms with van der Waals surface area (Å²) in [7, 11) is 0. The van der Waals surface area contributed by atoms with E-state index in [1.54, 1.807) is 6.08 Å². The van der Waals surface area contributed by atoms with Crippen LogP contribution in [0.25, 0.3) is 0 Å². The number of nitrogens with zero attached hydrogens (tertiary/aromatic N) is 1. The Morgan fingerprint density at radius 3 is 3.10 bits per heavy atom. The highest BCUT2D eigenvalue weighted by atomic mass is 16.4. The quantitative estimate of drug-likeness (QED) is 0.606. The normalized spacial score (nSPS) is 21.6. The molecule has 0 saturated heterocycles. The molecule has 2 aliphatic rings. The Morgan fingerprint density at radius 2 is 2.40 bits per heavy atom. The van der Waals surface area contributed by atoms with Gasteiger partial charge in [0, 0.05) is 23.5 Å². The summed E-state index contributed by atoms with van der Waals surface area (Å²) in [6.07, 6.45) is 8.34. The van der Waals surface area contributed by atoms with Gasteiger partial charge in [-0.15, -0.1) is 0 Å². The maximum absolute atomic E-state index is 11.7. The van der Waals surface area contributed by atoms with Gasteiger partial charge in [-0.25, -0.2) is 10.2 Å². The van der Waals surface area contributed by atoms with Gasteiger partial charge in [0.2, 0.25) is 0 Å². The number of hydrogen-bond donors (Lipinski definition) is 2. The Balaban J connectivity index is 2.14. The van der Waals surface area contributed by atoms with E-state index in [4.69, 9.17) is 5.11 Å². The second-order valence-electron chi connectivity index (χ2n) is 4.85. The van der Waals surface area contributed by atoms with Crippen molar-refractivity contribution in [2.75, 3.05) is 0 Å². The van der Waals surface area contributed by atoms with E-state index in [0.29, 0.717) is 17.6 Å². The number of rotatable bonds is 4. The molecule has 0 radical (unpaired) electrons. The van der Waals surface area contributed by atoms with Gasteiger partial charge in [-0.05, 0) is 25.0 Å². The molecule has 0 fully saturated rings. The molecule has 1 heterocycles. The monoisotopic (exact) mass is 272 g/mol. The zero-order valence-electron chi connectivity index (χ0n) is 11.2. The molecular formula is C15H16N2O3. The van der Waals surface area contributed by atoms with Crippen LogP contribution >= 0.6 is 0 Å². The molecule has 5 heteroatoms. The lowest BCUT2D eigenvalue weighted by molar-refractivity contribution is -0.132. The van der Waals surface area contributed by atoms with E-state index in [0.717, 1.165) is 12.1 Å². The maximum Gasteiger partial charge on any atom is 0.331 e. The maximum atomic E-state index is 11.7. The minimum atomic E-state index is -0.966. The highest BCUT2D eigenvalue weighted by Gasteiger charge is 2.29. The predicted octanol–water partition coefficient (Wildman–Crippen LogP) is 1.95. The van der Waals surface area contributed by atoms with Crippen LogP contribution in [0.3, 0.4) is 0 Å². The van der Waals surface area contributed by atoms with E-state index in [1.807, 2.05) is 12.2 Å². The summed E-state index contributed by atoms with van der Waals surface area (Å²) in [5, 5.41) is 12.9. The third kappa shape index (κ3) is 2.93. The first-order valence-electron chi connectivity index (χ1n) is 6.32. The molecule has 0 aromatic heterocycles. The Hall–Kier alpha value is -2.43. The van der Waals surface area contributed by atoms with Gasteiger partial charge in [-0.2, -0.15) is 5.10 Å². The first-order valence-corrected chi connectivity index (χ1v) is 6.32. The first kappa shape index (κ1) is 14.0. The van der Waals surface area contributed by atoms with Crippen molar-refractivity contribution in [3.63, 3.8) is 0 Å². The molecule has 5 nitrogen and oxygen atoms in total. The summed E-state index contributed by atoms with van der Waals surface area (Å²) in [5.74, 6) is -1.18. The highest BCUT2D eigenvalue weighted by Crippen LogP contribution is 2.27. The van der Waals surface area contributed by atoms with Crippen LogP contribution in [-0.4, -0.2) is 22.7 Å². The van der Waals surface area contributed by atoms with Crippen molar-refractivity contribution in [1.82, 2.24) is 5.43 Å². The van der Waals surface area contributed by atoms with Crippen LogP contribution in [0, 0.1) is 5.92 Å². The lowest BCUT2D eigenvalue weighted by Crippen LogP contribution is -2.36. The number of aliphatic carboxylic acids is 1. The van der Waals surface area contributed by atoms with Gasteiger partial charge >= 0.3 is 5.97 Å². The van der Waals surface area contributed by atoms with Gasteiger partial charge in [0.1, 0.15) is 0 Å². The van der Waals surface area contributed by atoms with Crippen molar-refractivity contribution in [2.24, 2.45) is 11.0 Å². The van der Waals surface area contributed by atoms with Gasteiger partial charge < -0.3 is 5.11 Å². The molecule has 1 aliphatic heterocycles. The average molecular weight is 272 g/mol. The van der Waals surface area contributed by atoms with Crippen molar-refractivity contribution >= 4 is 17.6 Å². The molecule has 1 atom stereocenters. The highest BCUT2D eigenvalue weighted by molar-refractivity contribution is 6.07. The van der Waals surface area contributed by atoms with E-state index in [9.17, 15) is 9.59 Å². The SMILES string of the molecule is C=C(/C=C(\C)C(=O)O)CC1=NNC(=O)C2=CC=CCC21. The second-order valence-corrected chi connectivity index (χ2v) is 4.85. The molecule has 104 valence electrons. The number of hydrazone groups is 1. The number of amides is 1. The Labute approximate surface area is 117 Å². The molecule has 2 N–H and O–H groups in total. The van der Waals surface area contributed by atoms with Crippen molar-refractivity contribution in [1.29, 1.82) is 0 Å². The van der Waals surface area contributed by atoms with Gasteiger partial charge in [0.25, 0.3) is 5.91 Å². The van der Waals surface area contributed by atoms with Crippen LogP contribution in [0.15, 0.2) is 52.7 Å². The Morgan fingerprint density at radius 1 is 1.65 bits per heavy atom. The van der Waals surface area contributed by atoms with Crippen LogP contribution < -0.4 is 5.43 Å². The molecule has 0 aromatic carbocycles. The van der Waals surface area contributed by atoms with Crippen molar-refractivity contribution in [3.05, 3.63) is 47.6 Å². The number of carboxylic acid groups (broad SMARTS) is 1. The molecule has 1 amide bonds. The van der Waals surface area contributed by atoms with Crippen LogP contribution in [0.4, 0.5) is 0 Å². The Kier molecular flexibility index (Phi) is 3.98. The third-order valence-corrected chi connectivity index (χ3v) is 3.29. The number of carboxylic acids is 1. The smallest absolute Gasteiger partial charge is 0.331 e. The fourth-order valence-corrected chi connectivity index (χ4v) is 2.26. The molecule has 1 unspecified atom stereocenters. The largest absolute Gasteiger partial charge is 0.478 e. The van der Waals surface area contributed by atoms with E-state index in [2.05, 4.69) is 17.1 Å². The first-order chi connectivity index (χ1) is 9.49. The van der Waals surface area contributed by atoms with Gasteiger partial charge in [-0.1, -0.05) is 24.8 Å². The summed E-state index contributed by atoms with van der Waals surface area (Å²) < 4.78 is 0. The molecule has 2 rings (SSSR count). The van der Waals surface area contributed by atoms with Crippen molar-refractivity contribution in [2.45, 2.75) is 19.8 Å². The van der Waals surface area contributed by atoms with E-state index in [1.165, 1.54) is 13.0 Å². The summed E-state index contributed by atoms with van der Waals surface area (Å²) in [6, 6.07) is 0. The van der Waals surface area contributed by atoms with Crippen LogP contribution in [-0.2, 0) is 9.59 Å². The molecule has 0 bridgehead atoms.